The van der Waals surface area contributed by atoms with Crippen molar-refractivity contribution < 1.29 is 9.66 Å². The van der Waals surface area contributed by atoms with Gasteiger partial charge in [-0.25, -0.2) is 4.98 Å². The normalized spacial score (nSPS) is 10.3. The van der Waals surface area contributed by atoms with Gasteiger partial charge in [0.05, 0.1) is 4.92 Å². The number of anilines is 1. The lowest BCUT2D eigenvalue weighted by Gasteiger charge is -2.07. The van der Waals surface area contributed by atoms with E-state index >= 15 is 0 Å². The van der Waals surface area contributed by atoms with Gasteiger partial charge in [0.1, 0.15) is 5.82 Å². The molecule has 0 aliphatic heterocycles. The Hall–Kier alpha value is -2.06. The molecule has 1 aromatic heterocycles. The van der Waals surface area contributed by atoms with Crippen molar-refractivity contribution in [3.63, 3.8) is 0 Å². The maximum absolute atomic E-state index is 10.9. The van der Waals surface area contributed by atoms with Gasteiger partial charge in [-0.15, -0.1) is 0 Å². The number of nitro groups is 1. The van der Waals surface area contributed by atoms with Crippen molar-refractivity contribution in [2.75, 3.05) is 12.0 Å². The van der Waals surface area contributed by atoms with Gasteiger partial charge in [-0.05, 0) is 12.3 Å². The van der Waals surface area contributed by atoms with Crippen LogP contribution < -0.4 is 10.5 Å². The van der Waals surface area contributed by atoms with Crippen LogP contribution in [0.3, 0.4) is 0 Å². The molecular formula is C11H9ClN4O3S. The molecule has 0 amide bonds. The molecule has 2 N–H and O–H groups in total. The minimum absolute atomic E-state index is 0.00680. The van der Waals surface area contributed by atoms with Gasteiger partial charge < -0.3 is 10.5 Å². The van der Waals surface area contributed by atoms with E-state index in [1.165, 1.54) is 36.0 Å². The van der Waals surface area contributed by atoms with E-state index in [-0.39, 0.29) is 23.1 Å². The molecule has 0 aliphatic rings. The number of nitrogens with two attached hydrogens (primary N) is 1. The van der Waals surface area contributed by atoms with Crippen molar-refractivity contribution in [1.82, 2.24) is 9.97 Å². The number of benzene rings is 1. The molecule has 0 saturated carbocycles. The van der Waals surface area contributed by atoms with Crippen LogP contribution in [0.5, 0.6) is 11.6 Å². The van der Waals surface area contributed by atoms with Gasteiger partial charge in [-0.1, -0.05) is 23.4 Å². The number of thioether (sulfide) groups is 1. The first-order chi connectivity index (χ1) is 9.49. The summed E-state index contributed by atoms with van der Waals surface area (Å²) >= 11 is 7.09. The van der Waals surface area contributed by atoms with E-state index in [9.17, 15) is 10.1 Å². The second-order valence-electron chi connectivity index (χ2n) is 3.59. The first-order valence-electron chi connectivity index (χ1n) is 5.30. The lowest BCUT2D eigenvalue weighted by Crippen LogP contribution is -1.99. The molecule has 0 saturated heterocycles. The van der Waals surface area contributed by atoms with E-state index in [0.29, 0.717) is 10.2 Å². The molecule has 0 aliphatic carbocycles. The second kappa shape index (κ2) is 5.93. The zero-order valence-corrected chi connectivity index (χ0v) is 11.8. The van der Waals surface area contributed by atoms with Crippen LogP contribution in [0, 0.1) is 10.1 Å². The Kier molecular flexibility index (Phi) is 4.26. The third kappa shape index (κ3) is 3.28. The van der Waals surface area contributed by atoms with Gasteiger partial charge in [0.2, 0.25) is 11.6 Å². The summed E-state index contributed by atoms with van der Waals surface area (Å²) in [7, 11) is 0. The summed E-state index contributed by atoms with van der Waals surface area (Å²) in [6, 6.07) is 5.40. The number of halogens is 1. The topological polar surface area (TPSA) is 104 Å². The predicted octanol–water partition coefficient (Wildman–Crippen LogP) is 3.13. The molecule has 0 spiro atoms. The molecule has 0 bridgehead atoms. The van der Waals surface area contributed by atoms with Crippen molar-refractivity contribution in [2.24, 2.45) is 0 Å². The van der Waals surface area contributed by atoms with E-state index in [0.717, 1.165) is 0 Å². The standard InChI is InChI=1S/C11H9ClN4O3S/c1-20-11-14-9(13)5-10(15-11)19-8-4-6(12)2-3-7(8)16(17)18/h2-5H,1H3,(H2,13,14,15). The average molecular weight is 313 g/mol. The molecule has 2 rings (SSSR count). The van der Waals surface area contributed by atoms with Crippen LogP contribution in [-0.2, 0) is 0 Å². The third-order valence-electron chi connectivity index (χ3n) is 2.22. The highest BCUT2D eigenvalue weighted by atomic mass is 35.5. The zero-order valence-electron chi connectivity index (χ0n) is 10.2. The van der Waals surface area contributed by atoms with Crippen LogP contribution >= 0.6 is 23.4 Å². The first kappa shape index (κ1) is 14.4. The Morgan fingerprint density at radius 1 is 1.40 bits per heavy atom. The monoisotopic (exact) mass is 312 g/mol. The van der Waals surface area contributed by atoms with Crippen LogP contribution in [0.4, 0.5) is 11.5 Å². The van der Waals surface area contributed by atoms with Crippen LogP contribution in [0.15, 0.2) is 29.4 Å². The molecule has 104 valence electrons. The molecule has 7 nitrogen and oxygen atoms in total. The Bertz CT molecular complexity index is 668. The average Bonchev–Trinajstić information content (AvgIpc) is 2.37. The van der Waals surface area contributed by atoms with Gasteiger partial charge in [0.25, 0.3) is 0 Å². The van der Waals surface area contributed by atoms with Crippen molar-refractivity contribution in [2.45, 2.75) is 5.16 Å². The fourth-order valence-electron chi connectivity index (χ4n) is 1.40. The molecule has 1 heterocycles. The molecule has 0 fully saturated rings. The van der Waals surface area contributed by atoms with E-state index < -0.39 is 4.92 Å². The summed E-state index contributed by atoms with van der Waals surface area (Å²) < 4.78 is 5.40. The third-order valence-corrected chi connectivity index (χ3v) is 3.00. The van der Waals surface area contributed by atoms with Crippen LogP contribution in [0.2, 0.25) is 5.02 Å². The Morgan fingerprint density at radius 3 is 2.80 bits per heavy atom. The number of rotatable bonds is 4. The van der Waals surface area contributed by atoms with E-state index in [1.807, 2.05) is 0 Å². The summed E-state index contributed by atoms with van der Waals surface area (Å²) in [6.07, 6.45) is 1.78. The van der Waals surface area contributed by atoms with Crippen molar-refractivity contribution >= 4 is 34.9 Å². The molecule has 0 unspecified atom stereocenters. The molecule has 2 aromatic rings. The van der Waals surface area contributed by atoms with Crippen molar-refractivity contribution in [1.29, 1.82) is 0 Å². The van der Waals surface area contributed by atoms with Gasteiger partial charge in [0, 0.05) is 23.2 Å². The Morgan fingerprint density at radius 2 is 2.15 bits per heavy atom. The molecule has 0 radical (unpaired) electrons. The number of hydrogen-bond donors (Lipinski definition) is 1. The molecule has 20 heavy (non-hydrogen) atoms. The second-order valence-corrected chi connectivity index (χ2v) is 4.80. The van der Waals surface area contributed by atoms with E-state index in [2.05, 4.69) is 9.97 Å². The molecular weight excluding hydrogens is 304 g/mol. The highest BCUT2D eigenvalue weighted by Crippen LogP contribution is 2.33. The maximum Gasteiger partial charge on any atom is 0.311 e. The summed E-state index contributed by atoms with van der Waals surface area (Å²) in [4.78, 5) is 18.4. The molecule has 0 atom stereocenters. The number of nitro benzene ring substituents is 1. The fraction of sp³-hybridized carbons (Fsp3) is 0.0909. The summed E-state index contributed by atoms with van der Waals surface area (Å²) in [5, 5.41) is 11.7. The smallest absolute Gasteiger partial charge is 0.311 e. The van der Waals surface area contributed by atoms with E-state index in [4.69, 9.17) is 22.1 Å². The van der Waals surface area contributed by atoms with Gasteiger partial charge in [0.15, 0.2) is 5.16 Å². The first-order valence-corrected chi connectivity index (χ1v) is 6.90. The predicted molar refractivity (Wildman–Crippen MR) is 76.4 cm³/mol. The Balaban J connectivity index is 2.41. The molecule has 1 aromatic carbocycles. The summed E-state index contributed by atoms with van der Waals surface area (Å²) in [5.41, 5.74) is 5.40. The largest absolute Gasteiger partial charge is 0.432 e. The van der Waals surface area contributed by atoms with Crippen molar-refractivity contribution in [3.8, 4) is 11.6 Å². The quantitative estimate of drug-likeness (QED) is 0.400. The number of aromatic nitrogens is 2. The number of hydrogen-bond acceptors (Lipinski definition) is 7. The number of ether oxygens (including phenoxy) is 1. The van der Waals surface area contributed by atoms with Crippen molar-refractivity contribution in [3.05, 3.63) is 39.4 Å². The van der Waals surface area contributed by atoms with Gasteiger partial charge in [-0.2, -0.15) is 4.98 Å². The zero-order chi connectivity index (χ0) is 14.7. The highest BCUT2D eigenvalue weighted by molar-refractivity contribution is 7.98. The van der Waals surface area contributed by atoms with E-state index in [1.54, 1.807) is 6.26 Å². The van der Waals surface area contributed by atoms with Gasteiger partial charge >= 0.3 is 5.69 Å². The van der Waals surface area contributed by atoms with Crippen LogP contribution in [0.1, 0.15) is 0 Å². The highest BCUT2D eigenvalue weighted by Gasteiger charge is 2.17. The van der Waals surface area contributed by atoms with Crippen LogP contribution in [-0.4, -0.2) is 21.1 Å². The van der Waals surface area contributed by atoms with Gasteiger partial charge in [-0.3, -0.25) is 10.1 Å². The lowest BCUT2D eigenvalue weighted by molar-refractivity contribution is -0.385. The fourth-order valence-corrected chi connectivity index (χ4v) is 1.94. The number of nitrogen functional groups attached to an aromatic ring is 1. The lowest BCUT2D eigenvalue weighted by atomic mass is 10.3. The minimum Gasteiger partial charge on any atom is -0.432 e. The maximum atomic E-state index is 10.9. The summed E-state index contributed by atoms with van der Waals surface area (Å²) in [5.74, 6) is 0.323. The van der Waals surface area contributed by atoms with Crippen LogP contribution in [0.25, 0.3) is 0 Å². The number of nitrogens with zero attached hydrogens (tertiary/aromatic N) is 3. The minimum atomic E-state index is -0.564. The Labute approximate surface area is 123 Å². The summed E-state index contributed by atoms with van der Waals surface area (Å²) in [6.45, 7) is 0. The molecule has 9 heteroatoms. The SMILES string of the molecule is CSc1nc(N)cc(Oc2cc(Cl)ccc2[N+](=O)[O-])n1.